The number of aliphatic carboxylic acids is 1. The Morgan fingerprint density at radius 1 is 1.45 bits per heavy atom. The van der Waals surface area contributed by atoms with Crippen molar-refractivity contribution in [3.05, 3.63) is 23.8 Å². The molecule has 1 aromatic carbocycles. The molecule has 0 aromatic heterocycles. The van der Waals surface area contributed by atoms with Crippen LogP contribution in [-0.4, -0.2) is 35.8 Å². The van der Waals surface area contributed by atoms with Gasteiger partial charge in [0.2, 0.25) is 0 Å². The van der Waals surface area contributed by atoms with Gasteiger partial charge in [-0.05, 0) is 50.5 Å². The van der Waals surface area contributed by atoms with Crippen molar-refractivity contribution in [1.82, 2.24) is 0 Å². The van der Waals surface area contributed by atoms with Crippen molar-refractivity contribution in [2.75, 3.05) is 18.6 Å². The lowest BCUT2D eigenvalue weighted by molar-refractivity contribution is -0.146. The SMILES string of the molecule is COc1cccc(CC(C)(C)C(=O)O)c1OC1CCCSC1. The second kappa shape index (κ2) is 7.27. The number of thioether (sulfide) groups is 1. The molecule has 2 rings (SSSR count). The summed E-state index contributed by atoms with van der Waals surface area (Å²) < 4.78 is 11.6. The highest BCUT2D eigenvalue weighted by Gasteiger charge is 2.30. The maximum absolute atomic E-state index is 11.4. The summed E-state index contributed by atoms with van der Waals surface area (Å²) in [6.07, 6.45) is 2.77. The molecule has 122 valence electrons. The fourth-order valence-corrected chi connectivity index (χ4v) is 3.55. The molecule has 1 saturated heterocycles. The molecule has 1 aliphatic rings. The molecule has 0 bridgehead atoms. The van der Waals surface area contributed by atoms with E-state index in [0.717, 1.165) is 24.2 Å². The highest BCUT2D eigenvalue weighted by Crippen LogP contribution is 2.37. The van der Waals surface area contributed by atoms with E-state index in [1.807, 2.05) is 30.0 Å². The molecule has 1 atom stereocenters. The standard InChI is InChI=1S/C17H24O4S/c1-17(2,16(18)19)10-12-6-4-8-14(20-3)15(12)21-13-7-5-9-22-11-13/h4,6,8,13H,5,7,9-11H2,1-3H3,(H,18,19). The molecule has 1 fully saturated rings. The summed E-state index contributed by atoms with van der Waals surface area (Å²) >= 11 is 1.90. The topological polar surface area (TPSA) is 55.8 Å². The third kappa shape index (κ3) is 4.09. The molecule has 0 aliphatic carbocycles. The maximum atomic E-state index is 11.4. The minimum atomic E-state index is -0.841. The zero-order valence-corrected chi connectivity index (χ0v) is 14.2. The van der Waals surface area contributed by atoms with Gasteiger partial charge in [-0.25, -0.2) is 0 Å². The van der Waals surface area contributed by atoms with Gasteiger partial charge in [-0.15, -0.1) is 0 Å². The van der Waals surface area contributed by atoms with Gasteiger partial charge in [-0.1, -0.05) is 12.1 Å². The molecule has 0 spiro atoms. The Kier molecular flexibility index (Phi) is 5.62. The Morgan fingerprint density at radius 2 is 2.23 bits per heavy atom. The number of carboxylic acids is 1. The van der Waals surface area contributed by atoms with E-state index in [1.165, 1.54) is 5.75 Å². The van der Waals surface area contributed by atoms with E-state index < -0.39 is 11.4 Å². The van der Waals surface area contributed by atoms with Gasteiger partial charge in [0.25, 0.3) is 0 Å². The first kappa shape index (κ1) is 17.0. The molecule has 1 unspecified atom stereocenters. The minimum Gasteiger partial charge on any atom is -0.493 e. The molecule has 0 radical (unpaired) electrons. The van der Waals surface area contributed by atoms with Gasteiger partial charge in [0.1, 0.15) is 6.10 Å². The van der Waals surface area contributed by atoms with Gasteiger partial charge in [0.15, 0.2) is 11.5 Å². The van der Waals surface area contributed by atoms with Crippen LogP contribution in [0.25, 0.3) is 0 Å². The number of carbonyl (C=O) groups is 1. The van der Waals surface area contributed by atoms with Crippen molar-refractivity contribution in [1.29, 1.82) is 0 Å². The first-order valence-electron chi connectivity index (χ1n) is 7.57. The summed E-state index contributed by atoms with van der Waals surface area (Å²) in [5.41, 5.74) is 0.0496. The van der Waals surface area contributed by atoms with Crippen molar-refractivity contribution in [2.45, 2.75) is 39.2 Å². The largest absolute Gasteiger partial charge is 0.493 e. The summed E-state index contributed by atoms with van der Waals surface area (Å²) in [5, 5.41) is 9.37. The summed E-state index contributed by atoms with van der Waals surface area (Å²) in [6.45, 7) is 3.46. The molecule has 1 aromatic rings. The van der Waals surface area contributed by atoms with Crippen molar-refractivity contribution < 1.29 is 19.4 Å². The molecule has 22 heavy (non-hydrogen) atoms. The first-order chi connectivity index (χ1) is 10.4. The van der Waals surface area contributed by atoms with Crippen LogP contribution in [0.5, 0.6) is 11.5 Å². The second-order valence-corrected chi connectivity index (χ2v) is 7.42. The van der Waals surface area contributed by atoms with E-state index >= 15 is 0 Å². The lowest BCUT2D eigenvalue weighted by Crippen LogP contribution is -2.28. The van der Waals surface area contributed by atoms with Gasteiger partial charge >= 0.3 is 5.97 Å². The average molecular weight is 324 g/mol. The van der Waals surface area contributed by atoms with E-state index in [1.54, 1.807) is 21.0 Å². The first-order valence-corrected chi connectivity index (χ1v) is 8.73. The van der Waals surface area contributed by atoms with Crippen LogP contribution >= 0.6 is 11.8 Å². The molecule has 1 aliphatic heterocycles. The third-order valence-corrected chi connectivity index (χ3v) is 5.08. The van der Waals surface area contributed by atoms with Crippen molar-refractivity contribution in [2.24, 2.45) is 5.41 Å². The van der Waals surface area contributed by atoms with Gasteiger partial charge in [0.05, 0.1) is 12.5 Å². The quantitative estimate of drug-likeness (QED) is 0.866. The van der Waals surface area contributed by atoms with Crippen LogP contribution in [0, 0.1) is 5.41 Å². The Hall–Kier alpha value is -1.36. The van der Waals surface area contributed by atoms with Crippen molar-refractivity contribution >= 4 is 17.7 Å². The Labute approximate surface area is 136 Å². The average Bonchev–Trinajstić information content (AvgIpc) is 2.49. The lowest BCUT2D eigenvalue weighted by atomic mass is 9.85. The summed E-state index contributed by atoms with van der Waals surface area (Å²) in [7, 11) is 1.62. The second-order valence-electron chi connectivity index (χ2n) is 6.27. The Morgan fingerprint density at radius 3 is 2.82 bits per heavy atom. The fourth-order valence-electron chi connectivity index (χ4n) is 2.52. The normalized spacial score (nSPS) is 18.8. The van der Waals surface area contributed by atoms with Gasteiger partial charge in [-0.2, -0.15) is 11.8 Å². The van der Waals surface area contributed by atoms with Crippen LogP contribution in [0.3, 0.4) is 0 Å². The number of carboxylic acid groups (broad SMARTS) is 1. The van der Waals surface area contributed by atoms with Gasteiger partial charge < -0.3 is 14.6 Å². The molecular weight excluding hydrogens is 300 g/mol. The number of hydrogen-bond acceptors (Lipinski definition) is 4. The molecule has 1 heterocycles. The van der Waals surface area contributed by atoms with Crippen LogP contribution in [0.1, 0.15) is 32.3 Å². The summed E-state index contributed by atoms with van der Waals surface area (Å²) in [4.78, 5) is 11.4. The number of benzene rings is 1. The highest BCUT2D eigenvalue weighted by atomic mass is 32.2. The van der Waals surface area contributed by atoms with Crippen LogP contribution < -0.4 is 9.47 Å². The predicted molar refractivity (Wildman–Crippen MR) is 89.1 cm³/mol. The van der Waals surface area contributed by atoms with Gasteiger partial charge in [-0.3, -0.25) is 4.79 Å². The third-order valence-electron chi connectivity index (χ3n) is 3.89. The number of rotatable bonds is 6. The van der Waals surface area contributed by atoms with E-state index in [0.29, 0.717) is 17.9 Å². The lowest BCUT2D eigenvalue weighted by Gasteiger charge is -2.27. The van der Waals surface area contributed by atoms with Crippen LogP contribution in [0.4, 0.5) is 0 Å². The Balaban J connectivity index is 2.26. The van der Waals surface area contributed by atoms with Crippen molar-refractivity contribution in [3.8, 4) is 11.5 Å². The zero-order valence-electron chi connectivity index (χ0n) is 13.4. The van der Waals surface area contributed by atoms with Gasteiger partial charge in [0, 0.05) is 5.75 Å². The molecule has 4 nitrogen and oxygen atoms in total. The summed E-state index contributed by atoms with van der Waals surface area (Å²) in [5.74, 6) is 2.72. The number of hydrogen-bond donors (Lipinski definition) is 1. The van der Waals surface area contributed by atoms with Crippen molar-refractivity contribution in [3.63, 3.8) is 0 Å². The summed E-state index contributed by atoms with van der Waals surface area (Å²) in [6, 6.07) is 5.68. The smallest absolute Gasteiger partial charge is 0.309 e. The molecule has 0 saturated carbocycles. The van der Waals surface area contributed by atoms with E-state index in [9.17, 15) is 9.90 Å². The predicted octanol–water partition coefficient (Wildman–Crippen LogP) is 3.62. The van der Waals surface area contributed by atoms with E-state index in [-0.39, 0.29) is 6.10 Å². The highest BCUT2D eigenvalue weighted by molar-refractivity contribution is 7.99. The van der Waals surface area contributed by atoms with Crippen LogP contribution in [0.15, 0.2) is 18.2 Å². The molecule has 1 N–H and O–H groups in total. The molecular formula is C17H24O4S. The number of para-hydroxylation sites is 1. The molecule has 5 heteroatoms. The maximum Gasteiger partial charge on any atom is 0.309 e. The number of methoxy groups -OCH3 is 1. The molecule has 0 amide bonds. The van der Waals surface area contributed by atoms with E-state index in [4.69, 9.17) is 9.47 Å². The minimum absolute atomic E-state index is 0.168. The fraction of sp³-hybridized carbons (Fsp3) is 0.588. The van der Waals surface area contributed by atoms with Crippen LogP contribution in [-0.2, 0) is 11.2 Å². The van der Waals surface area contributed by atoms with E-state index in [2.05, 4.69) is 0 Å². The zero-order chi connectivity index (χ0) is 16.2. The number of ether oxygens (including phenoxy) is 2. The monoisotopic (exact) mass is 324 g/mol. The Bertz CT molecular complexity index is 521. The van der Waals surface area contributed by atoms with Crippen LogP contribution in [0.2, 0.25) is 0 Å².